The number of hydrogen-bond acceptors (Lipinski definition) is 2. The average molecular weight is 275 g/mol. The second kappa shape index (κ2) is 7.27. The maximum Gasteiger partial charge on any atom is 0.0437 e. The lowest BCUT2D eigenvalue weighted by Crippen LogP contribution is -2.08. The van der Waals surface area contributed by atoms with Gasteiger partial charge in [-0.3, -0.25) is 4.98 Å². The summed E-state index contributed by atoms with van der Waals surface area (Å²) in [6.45, 7) is 0.704. The summed E-state index contributed by atoms with van der Waals surface area (Å²) in [6.07, 6.45) is 6.72. The van der Waals surface area contributed by atoms with Crippen molar-refractivity contribution < 1.29 is 0 Å². The van der Waals surface area contributed by atoms with E-state index in [2.05, 4.69) is 23.2 Å². The van der Waals surface area contributed by atoms with Gasteiger partial charge in [0.05, 0.1) is 0 Å². The van der Waals surface area contributed by atoms with Crippen molar-refractivity contribution in [2.75, 3.05) is 6.54 Å². The topological polar surface area (TPSA) is 38.9 Å². The molecule has 0 fully saturated rings. The summed E-state index contributed by atoms with van der Waals surface area (Å²) in [5.41, 5.74) is 8.24. The lowest BCUT2D eigenvalue weighted by atomic mass is 9.90. The summed E-state index contributed by atoms with van der Waals surface area (Å²) >= 11 is 6.20. The highest BCUT2D eigenvalue weighted by molar-refractivity contribution is 6.31. The van der Waals surface area contributed by atoms with Gasteiger partial charge < -0.3 is 5.73 Å². The molecule has 0 radical (unpaired) electrons. The molecule has 0 aliphatic rings. The van der Waals surface area contributed by atoms with Crippen molar-refractivity contribution in [3.05, 3.63) is 64.9 Å². The molecule has 1 aromatic carbocycles. The Kier molecular flexibility index (Phi) is 5.37. The van der Waals surface area contributed by atoms with Crippen LogP contribution in [-0.4, -0.2) is 11.5 Å². The van der Waals surface area contributed by atoms with E-state index >= 15 is 0 Å². The number of aryl methyl sites for hydroxylation is 1. The zero-order chi connectivity index (χ0) is 13.5. The van der Waals surface area contributed by atoms with E-state index in [9.17, 15) is 0 Å². The third-order valence-electron chi connectivity index (χ3n) is 3.41. The molecule has 0 bridgehead atoms. The van der Waals surface area contributed by atoms with Crippen LogP contribution < -0.4 is 5.73 Å². The van der Waals surface area contributed by atoms with Crippen LogP contribution in [0.25, 0.3) is 0 Å². The van der Waals surface area contributed by atoms with Crippen LogP contribution in [0.3, 0.4) is 0 Å². The molecule has 0 spiro atoms. The average Bonchev–Trinajstić information content (AvgIpc) is 2.46. The molecule has 0 saturated heterocycles. The van der Waals surface area contributed by atoms with Crippen molar-refractivity contribution in [1.29, 1.82) is 0 Å². The Balaban J connectivity index is 2.04. The third kappa shape index (κ3) is 4.05. The highest BCUT2D eigenvalue weighted by Gasteiger charge is 2.11. The van der Waals surface area contributed by atoms with Crippen LogP contribution in [0.5, 0.6) is 0 Å². The molecule has 2 N–H and O–H groups in total. The van der Waals surface area contributed by atoms with Crippen molar-refractivity contribution >= 4 is 11.6 Å². The first kappa shape index (κ1) is 14.0. The van der Waals surface area contributed by atoms with Crippen molar-refractivity contribution in [3.8, 4) is 0 Å². The molecule has 2 aromatic rings. The van der Waals surface area contributed by atoms with E-state index in [0.717, 1.165) is 24.3 Å². The van der Waals surface area contributed by atoms with Gasteiger partial charge in [0.1, 0.15) is 0 Å². The van der Waals surface area contributed by atoms with Gasteiger partial charge in [0.2, 0.25) is 0 Å². The zero-order valence-corrected chi connectivity index (χ0v) is 11.7. The number of pyridine rings is 1. The molecule has 0 aliphatic carbocycles. The minimum Gasteiger partial charge on any atom is -0.330 e. The smallest absolute Gasteiger partial charge is 0.0437 e. The van der Waals surface area contributed by atoms with Crippen molar-refractivity contribution in [2.45, 2.75) is 25.2 Å². The van der Waals surface area contributed by atoms with Gasteiger partial charge in [0.15, 0.2) is 0 Å². The highest BCUT2D eigenvalue weighted by Crippen LogP contribution is 2.26. The van der Waals surface area contributed by atoms with Crippen LogP contribution in [0.4, 0.5) is 0 Å². The molecule has 0 saturated carbocycles. The van der Waals surface area contributed by atoms with Gasteiger partial charge in [-0.05, 0) is 61.1 Å². The predicted octanol–water partition coefficient (Wildman–Crippen LogP) is 3.80. The van der Waals surface area contributed by atoms with Gasteiger partial charge in [-0.15, -0.1) is 0 Å². The fraction of sp³-hybridized carbons (Fsp3) is 0.312. The molecule has 0 aliphatic heterocycles. The van der Waals surface area contributed by atoms with Gasteiger partial charge in [-0.25, -0.2) is 0 Å². The number of rotatable bonds is 6. The molecule has 19 heavy (non-hydrogen) atoms. The number of nitrogens with two attached hydrogens (primary N) is 1. The van der Waals surface area contributed by atoms with Gasteiger partial charge in [0.25, 0.3) is 0 Å². The highest BCUT2D eigenvalue weighted by atomic mass is 35.5. The maximum absolute atomic E-state index is 6.20. The first-order valence-corrected chi connectivity index (χ1v) is 7.02. The number of halogens is 1. The molecule has 1 aromatic heterocycles. The quantitative estimate of drug-likeness (QED) is 0.870. The number of hydrogen-bond donors (Lipinski definition) is 1. The standard InChI is InChI=1S/C16H19ClN2/c17-16-4-2-1-3-15(16)6-5-13(7-10-18)14-8-11-19-12-9-14/h1-4,8-9,11-13H,5-7,10,18H2. The van der Waals surface area contributed by atoms with Gasteiger partial charge in [-0.2, -0.15) is 0 Å². The van der Waals surface area contributed by atoms with Crippen LogP contribution in [0.15, 0.2) is 48.8 Å². The van der Waals surface area contributed by atoms with E-state index in [1.807, 2.05) is 30.6 Å². The second-order valence-electron chi connectivity index (χ2n) is 4.68. The Morgan fingerprint density at radius 2 is 1.79 bits per heavy atom. The van der Waals surface area contributed by atoms with Crippen LogP contribution >= 0.6 is 11.6 Å². The summed E-state index contributed by atoms with van der Waals surface area (Å²) in [4.78, 5) is 4.07. The predicted molar refractivity (Wildman–Crippen MR) is 80.4 cm³/mol. The van der Waals surface area contributed by atoms with Crippen LogP contribution in [-0.2, 0) is 6.42 Å². The van der Waals surface area contributed by atoms with E-state index in [1.165, 1.54) is 11.1 Å². The largest absolute Gasteiger partial charge is 0.330 e. The minimum atomic E-state index is 0.476. The molecule has 0 amide bonds. The van der Waals surface area contributed by atoms with Crippen molar-refractivity contribution in [1.82, 2.24) is 4.98 Å². The molecular weight excluding hydrogens is 256 g/mol. The Morgan fingerprint density at radius 3 is 2.47 bits per heavy atom. The normalized spacial score (nSPS) is 12.3. The Labute approximate surface area is 119 Å². The van der Waals surface area contributed by atoms with E-state index < -0.39 is 0 Å². The third-order valence-corrected chi connectivity index (χ3v) is 3.78. The number of benzene rings is 1. The molecular formula is C16H19ClN2. The Morgan fingerprint density at radius 1 is 1.05 bits per heavy atom. The molecule has 2 rings (SSSR count). The summed E-state index contributed by atoms with van der Waals surface area (Å²) in [5, 5.41) is 0.851. The lowest BCUT2D eigenvalue weighted by molar-refractivity contribution is 0.583. The Bertz CT molecular complexity index is 499. The van der Waals surface area contributed by atoms with E-state index in [4.69, 9.17) is 17.3 Å². The molecule has 100 valence electrons. The molecule has 1 unspecified atom stereocenters. The summed E-state index contributed by atoms with van der Waals surface area (Å²) in [5.74, 6) is 0.476. The van der Waals surface area contributed by atoms with Crippen molar-refractivity contribution in [3.63, 3.8) is 0 Å². The van der Waals surface area contributed by atoms with Gasteiger partial charge in [-0.1, -0.05) is 29.8 Å². The lowest BCUT2D eigenvalue weighted by Gasteiger charge is -2.16. The van der Waals surface area contributed by atoms with Gasteiger partial charge in [0, 0.05) is 17.4 Å². The minimum absolute atomic E-state index is 0.476. The van der Waals surface area contributed by atoms with Crippen LogP contribution in [0.1, 0.15) is 29.9 Å². The fourth-order valence-corrected chi connectivity index (χ4v) is 2.58. The zero-order valence-electron chi connectivity index (χ0n) is 10.9. The summed E-state index contributed by atoms with van der Waals surface area (Å²) < 4.78 is 0. The van der Waals surface area contributed by atoms with E-state index in [0.29, 0.717) is 12.5 Å². The second-order valence-corrected chi connectivity index (χ2v) is 5.09. The number of nitrogens with zero attached hydrogens (tertiary/aromatic N) is 1. The Hall–Kier alpha value is -1.38. The summed E-state index contributed by atoms with van der Waals surface area (Å²) in [7, 11) is 0. The first-order chi connectivity index (χ1) is 9.31. The van der Waals surface area contributed by atoms with Crippen molar-refractivity contribution in [2.24, 2.45) is 5.73 Å². The van der Waals surface area contributed by atoms with E-state index in [-0.39, 0.29) is 0 Å². The van der Waals surface area contributed by atoms with Crippen LogP contribution in [0, 0.1) is 0 Å². The number of aromatic nitrogens is 1. The van der Waals surface area contributed by atoms with Crippen LogP contribution in [0.2, 0.25) is 5.02 Å². The maximum atomic E-state index is 6.20. The molecule has 2 nitrogen and oxygen atoms in total. The molecule has 3 heteroatoms. The first-order valence-electron chi connectivity index (χ1n) is 6.64. The summed E-state index contributed by atoms with van der Waals surface area (Å²) in [6, 6.07) is 12.2. The molecule has 1 atom stereocenters. The molecule has 1 heterocycles. The van der Waals surface area contributed by atoms with E-state index in [1.54, 1.807) is 0 Å². The van der Waals surface area contributed by atoms with Gasteiger partial charge >= 0.3 is 0 Å². The fourth-order valence-electron chi connectivity index (χ4n) is 2.35. The SMILES string of the molecule is NCCC(CCc1ccccc1Cl)c1ccncc1. The monoisotopic (exact) mass is 274 g/mol.